The topological polar surface area (TPSA) is 24.9 Å². The zero-order valence-corrected chi connectivity index (χ0v) is 9.51. The minimum Gasteiger partial charge on any atom is -0.314 e. The quantitative estimate of drug-likeness (QED) is 0.814. The summed E-state index contributed by atoms with van der Waals surface area (Å²) < 4.78 is 0.480. The van der Waals surface area contributed by atoms with Gasteiger partial charge in [-0.2, -0.15) is 0 Å². The molecule has 0 saturated heterocycles. The van der Waals surface area contributed by atoms with Gasteiger partial charge in [-0.05, 0) is 12.6 Å². The molecule has 0 aliphatic rings. The van der Waals surface area contributed by atoms with Crippen molar-refractivity contribution in [3.63, 3.8) is 0 Å². The Hall–Kier alpha value is -0.0900. The highest BCUT2D eigenvalue weighted by Gasteiger charge is 2.03. The fourth-order valence-electron chi connectivity index (χ4n) is 0.784. The van der Waals surface area contributed by atoms with Crippen molar-refractivity contribution in [2.75, 3.05) is 13.1 Å². The van der Waals surface area contributed by atoms with Crippen molar-refractivity contribution in [3.05, 3.63) is 20.6 Å². The van der Waals surface area contributed by atoms with E-state index < -0.39 is 0 Å². The molecule has 1 aromatic rings. The highest BCUT2D eigenvalue weighted by atomic mass is 35.5. The highest BCUT2D eigenvalue weighted by Crippen LogP contribution is 2.27. The zero-order chi connectivity index (χ0) is 9.68. The van der Waals surface area contributed by atoms with Crippen LogP contribution in [0.5, 0.6) is 0 Å². The van der Waals surface area contributed by atoms with Gasteiger partial charge < -0.3 is 5.32 Å². The van der Waals surface area contributed by atoms with Gasteiger partial charge in [-0.25, -0.2) is 4.98 Å². The Balaban J connectivity index is 2.53. The highest BCUT2D eigenvalue weighted by molar-refractivity contribution is 7.17. The molecular formula is C8H10Cl2N2S. The third-order valence-corrected chi connectivity index (χ3v) is 2.89. The van der Waals surface area contributed by atoms with Gasteiger partial charge in [-0.3, -0.25) is 0 Å². The Labute approximate surface area is 91.6 Å². The van der Waals surface area contributed by atoms with E-state index in [9.17, 15) is 0 Å². The molecule has 0 unspecified atom stereocenters. The molecule has 1 N–H and O–H groups in total. The number of rotatable bonds is 4. The number of halogens is 2. The SMILES string of the molecule is CCNCC=Cc1sc(Cl)nc1Cl. The van der Waals surface area contributed by atoms with Crippen molar-refractivity contribution < 1.29 is 0 Å². The van der Waals surface area contributed by atoms with Gasteiger partial charge in [0.2, 0.25) is 0 Å². The van der Waals surface area contributed by atoms with Crippen molar-refractivity contribution >= 4 is 40.6 Å². The largest absolute Gasteiger partial charge is 0.314 e. The van der Waals surface area contributed by atoms with E-state index in [4.69, 9.17) is 23.2 Å². The smallest absolute Gasteiger partial charge is 0.185 e. The van der Waals surface area contributed by atoms with Gasteiger partial charge >= 0.3 is 0 Å². The molecule has 0 amide bonds. The molecule has 0 radical (unpaired) electrons. The lowest BCUT2D eigenvalue weighted by Gasteiger charge is -1.91. The molecule has 0 atom stereocenters. The van der Waals surface area contributed by atoms with Gasteiger partial charge in [0.25, 0.3) is 0 Å². The van der Waals surface area contributed by atoms with Crippen molar-refractivity contribution in [3.8, 4) is 0 Å². The fourth-order valence-corrected chi connectivity index (χ4v) is 2.09. The van der Waals surface area contributed by atoms with E-state index in [0.29, 0.717) is 9.62 Å². The summed E-state index contributed by atoms with van der Waals surface area (Å²) in [5.74, 6) is 0. The maximum absolute atomic E-state index is 5.80. The molecule has 0 bridgehead atoms. The molecule has 1 aromatic heterocycles. The lowest BCUT2D eigenvalue weighted by molar-refractivity contribution is 0.801. The average molecular weight is 237 g/mol. The molecule has 0 saturated carbocycles. The Morgan fingerprint density at radius 3 is 2.85 bits per heavy atom. The fraction of sp³-hybridized carbons (Fsp3) is 0.375. The second-order valence-corrected chi connectivity index (χ2v) is 4.30. The van der Waals surface area contributed by atoms with Crippen molar-refractivity contribution in [1.82, 2.24) is 10.3 Å². The summed E-state index contributed by atoms with van der Waals surface area (Å²) in [6, 6.07) is 0. The van der Waals surface area contributed by atoms with E-state index in [1.165, 1.54) is 11.3 Å². The first-order valence-corrected chi connectivity index (χ1v) is 5.50. The van der Waals surface area contributed by atoms with Crippen LogP contribution >= 0.6 is 34.5 Å². The molecule has 13 heavy (non-hydrogen) atoms. The molecule has 0 fully saturated rings. The first-order chi connectivity index (χ1) is 6.24. The van der Waals surface area contributed by atoms with Crippen LogP contribution in [0.15, 0.2) is 6.08 Å². The lowest BCUT2D eigenvalue weighted by atomic mass is 10.4. The van der Waals surface area contributed by atoms with Crippen LogP contribution in [-0.4, -0.2) is 18.1 Å². The predicted molar refractivity (Wildman–Crippen MR) is 59.7 cm³/mol. The number of hydrogen-bond donors (Lipinski definition) is 1. The number of nitrogens with zero attached hydrogens (tertiary/aromatic N) is 1. The molecule has 0 spiro atoms. The Bertz CT molecular complexity index is 296. The molecule has 0 aliphatic heterocycles. The van der Waals surface area contributed by atoms with Crippen molar-refractivity contribution in [2.24, 2.45) is 0 Å². The van der Waals surface area contributed by atoms with Crippen LogP contribution in [0.1, 0.15) is 11.8 Å². The summed E-state index contributed by atoms with van der Waals surface area (Å²) in [4.78, 5) is 4.79. The van der Waals surface area contributed by atoms with Gasteiger partial charge in [0.1, 0.15) is 5.15 Å². The van der Waals surface area contributed by atoms with E-state index in [-0.39, 0.29) is 0 Å². The minimum atomic E-state index is 0.475. The van der Waals surface area contributed by atoms with E-state index >= 15 is 0 Å². The van der Waals surface area contributed by atoms with Crippen molar-refractivity contribution in [2.45, 2.75) is 6.92 Å². The summed E-state index contributed by atoms with van der Waals surface area (Å²) in [5.41, 5.74) is 0. The van der Waals surface area contributed by atoms with Gasteiger partial charge in [-0.1, -0.05) is 36.2 Å². The zero-order valence-electron chi connectivity index (χ0n) is 7.18. The Morgan fingerprint density at radius 2 is 2.31 bits per heavy atom. The molecular weight excluding hydrogens is 227 g/mol. The summed E-state index contributed by atoms with van der Waals surface area (Å²) in [5, 5.41) is 3.64. The Morgan fingerprint density at radius 1 is 1.54 bits per heavy atom. The van der Waals surface area contributed by atoms with Gasteiger partial charge in [0.05, 0.1) is 4.88 Å². The summed E-state index contributed by atoms with van der Waals surface area (Å²) in [6.07, 6.45) is 3.92. The van der Waals surface area contributed by atoms with Crippen LogP contribution in [-0.2, 0) is 0 Å². The minimum absolute atomic E-state index is 0.475. The second-order valence-electron chi connectivity index (χ2n) is 2.33. The first kappa shape index (κ1) is 11.0. The molecule has 5 heteroatoms. The number of thiazole rings is 1. The number of aromatic nitrogens is 1. The maximum Gasteiger partial charge on any atom is 0.185 e. The normalized spacial score (nSPS) is 11.3. The van der Waals surface area contributed by atoms with E-state index in [1.54, 1.807) is 0 Å². The summed E-state index contributed by atoms with van der Waals surface area (Å²) in [6.45, 7) is 3.86. The van der Waals surface area contributed by atoms with Gasteiger partial charge in [-0.15, -0.1) is 11.3 Å². The van der Waals surface area contributed by atoms with Crippen LogP contribution < -0.4 is 5.32 Å². The molecule has 0 aromatic carbocycles. The van der Waals surface area contributed by atoms with Crippen LogP contribution in [0.4, 0.5) is 0 Å². The standard InChI is InChI=1S/C8H10Cl2N2S/c1-2-11-5-3-4-6-7(9)12-8(10)13-6/h3-4,11H,2,5H2,1H3. The number of likely N-dealkylation sites (N-methyl/N-ethyl adjacent to an activating group) is 1. The maximum atomic E-state index is 5.80. The predicted octanol–water partition coefficient (Wildman–Crippen LogP) is 3.07. The summed E-state index contributed by atoms with van der Waals surface area (Å²) in [7, 11) is 0. The third-order valence-electron chi connectivity index (χ3n) is 1.36. The molecule has 0 aliphatic carbocycles. The van der Waals surface area contributed by atoms with Gasteiger partial charge in [0.15, 0.2) is 4.47 Å². The van der Waals surface area contributed by atoms with E-state index in [0.717, 1.165) is 18.0 Å². The third kappa shape index (κ3) is 3.65. The van der Waals surface area contributed by atoms with Crippen LogP contribution in [0.3, 0.4) is 0 Å². The number of nitrogens with one attached hydrogen (secondary N) is 1. The molecule has 1 heterocycles. The number of hydrogen-bond acceptors (Lipinski definition) is 3. The van der Waals surface area contributed by atoms with Crippen LogP contribution in [0, 0.1) is 0 Å². The molecule has 2 nitrogen and oxygen atoms in total. The van der Waals surface area contributed by atoms with E-state index in [2.05, 4.69) is 17.2 Å². The van der Waals surface area contributed by atoms with Crippen molar-refractivity contribution in [1.29, 1.82) is 0 Å². The van der Waals surface area contributed by atoms with E-state index in [1.807, 2.05) is 12.2 Å². The van der Waals surface area contributed by atoms with Gasteiger partial charge in [0, 0.05) is 6.54 Å². The average Bonchev–Trinajstić information content (AvgIpc) is 2.39. The molecule has 1 rings (SSSR count). The van der Waals surface area contributed by atoms with Crippen LogP contribution in [0.2, 0.25) is 9.62 Å². The monoisotopic (exact) mass is 236 g/mol. The Kier molecular flexibility index (Phi) is 4.73. The van der Waals surface area contributed by atoms with Crippen LogP contribution in [0.25, 0.3) is 6.08 Å². The molecule has 72 valence electrons. The lowest BCUT2D eigenvalue weighted by Crippen LogP contribution is -2.11. The first-order valence-electron chi connectivity index (χ1n) is 3.93. The second kappa shape index (κ2) is 5.60. The summed E-state index contributed by atoms with van der Waals surface area (Å²) >= 11 is 12.9.